The molecular weight excluding hydrogens is 351 g/mol. The number of halogens is 2. The van der Waals surface area contributed by atoms with E-state index in [2.05, 4.69) is 17.2 Å². The number of nitrogens with one attached hydrogen (secondary N) is 1. The second-order valence-electron chi connectivity index (χ2n) is 5.87. The lowest BCUT2D eigenvalue weighted by Gasteiger charge is -2.11. The fourth-order valence-corrected chi connectivity index (χ4v) is 3.82. The Balaban J connectivity index is 1.60. The van der Waals surface area contributed by atoms with Crippen LogP contribution in [0.1, 0.15) is 48.5 Å². The zero-order chi connectivity index (χ0) is 16.6. The molecule has 1 saturated carbocycles. The summed E-state index contributed by atoms with van der Waals surface area (Å²) < 4.78 is 0. The third kappa shape index (κ3) is 3.70. The lowest BCUT2D eigenvalue weighted by Crippen LogP contribution is -2.28. The molecule has 6 heteroatoms. The molecule has 3 rings (SSSR count). The maximum absolute atomic E-state index is 12.4. The van der Waals surface area contributed by atoms with Gasteiger partial charge in [0.05, 0.1) is 26.8 Å². The fraction of sp³-hybridized carbons (Fsp3) is 0.412. The van der Waals surface area contributed by atoms with Gasteiger partial charge in [0.25, 0.3) is 0 Å². The summed E-state index contributed by atoms with van der Waals surface area (Å²) in [6.45, 7) is 4.06. The van der Waals surface area contributed by atoms with Crippen LogP contribution in [0.15, 0.2) is 23.6 Å². The van der Waals surface area contributed by atoms with Crippen LogP contribution in [-0.2, 0) is 11.2 Å². The van der Waals surface area contributed by atoms with Gasteiger partial charge in [-0.2, -0.15) is 0 Å². The van der Waals surface area contributed by atoms with Gasteiger partial charge in [0.15, 0.2) is 0 Å². The molecule has 122 valence electrons. The van der Waals surface area contributed by atoms with Crippen LogP contribution in [0.25, 0.3) is 0 Å². The molecule has 0 bridgehead atoms. The minimum Gasteiger partial charge on any atom is -0.348 e. The zero-order valence-corrected chi connectivity index (χ0v) is 15.3. The van der Waals surface area contributed by atoms with Gasteiger partial charge in [-0.3, -0.25) is 4.79 Å². The molecule has 3 nitrogen and oxygen atoms in total. The van der Waals surface area contributed by atoms with Gasteiger partial charge in [-0.1, -0.05) is 36.2 Å². The molecule has 0 spiro atoms. The van der Waals surface area contributed by atoms with Gasteiger partial charge >= 0.3 is 0 Å². The molecule has 1 aromatic heterocycles. The first-order valence-corrected chi connectivity index (χ1v) is 9.32. The van der Waals surface area contributed by atoms with Crippen LogP contribution in [0.3, 0.4) is 0 Å². The van der Waals surface area contributed by atoms with Crippen molar-refractivity contribution in [2.45, 2.75) is 38.6 Å². The van der Waals surface area contributed by atoms with Gasteiger partial charge < -0.3 is 5.32 Å². The Morgan fingerprint density at radius 2 is 2.22 bits per heavy atom. The highest BCUT2D eigenvalue weighted by atomic mass is 35.5. The zero-order valence-electron chi connectivity index (χ0n) is 13.0. The maximum Gasteiger partial charge on any atom is 0.224 e. The fourth-order valence-electron chi connectivity index (χ4n) is 2.68. The third-order valence-corrected chi connectivity index (χ3v) is 5.92. The van der Waals surface area contributed by atoms with Gasteiger partial charge in [0.1, 0.15) is 0 Å². The first-order chi connectivity index (χ1) is 11.0. The van der Waals surface area contributed by atoms with Crippen LogP contribution in [0, 0.1) is 5.92 Å². The summed E-state index contributed by atoms with van der Waals surface area (Å²) in [4.78, 5) is 16.9. The second-order valence-corrected chi connectivity index (χ2v) is 7.63. The van der Waals surface area contributed by atoms with E-state index in [0.29, 0.717) is 10.0 Å². The molecule has 3 atom stereocenters. The number of benzene rings is 1. The highest BCUT2D eigenvalue weighted by Gasteiger charge is 2.44. The standard InChI is InChI=1S/C17H18Cl2N2OS/c1-3-16-21-15(8-23-16)9(2)20-17(22)12-7-11(12)10-4-5-13(18)14(19)6-10/h4-6,8-9,11-12H,3,7H2,1-2H3,(H,20,22). The number of hydrogen-bond acceptors (Lipinski definition) is 3. The van der Waals surface area contributed by atoms with Crippen molar-refractivity contribution in [3.8, 4) is 0 Å². The van der Waals surface area contributed by atoms with Crippen LogP contribution >= 0.6 is 34.5 Å². The first-order valence-electron chi connectivity index (χ1n) is 7.69. The number of nitrogens with zero attached hydrogens (tertiary/aromatic N) is 1. The Morgan fingerprint density at radius 3 is 2.87 bits per heavy atom. The molecule has 1 aliphatic rings. The second kappa shape index (κ2) is 6.80. The average molecular weight is 369 g/mol. The summed E-state index contributed by atoms with van der Waals surface area (Å²) in [5, 5.41) is 7.27. The molecule has 0 aliphatic heterocycles. The predicted molar refractivity (Wildman–Crippen MR) is 95.4 cm³/mol. The quantitative estimate of drug-likeness (QED) is 0.807. The van der Waals surface area contributed by atoms with Crippen molar-refractivity contribution in [3.63, 3.8) is 0 Å². The average Bonchev–Trinajstić information content (AvgIpc) is 3.18. The van der Waals surface area contributed by atoms with Gasteiger partial charge in [-0.15, -0.1) is 11.3 Å². The highest BCUT2D eigenvalue weighted by Crippen LogP contribution is 2.48. The normalized spacial score (nSPS) is 21.0. The Labute approximate surface area is 150 Å². The van der Waals surface area contributed by atoms with E-state index in [9.17, 15) is 4.79 Å². The highest BCUT2D eigenvalue weighted by molar-refractivity contribution is 7.09. The Morgan fingerprint density at radius 1 is 1.43 bits per heavy atom. The van der Waals surface area contributed by atoms with Gasteiger partial charge in [-0.25, -0.2) is 4.98 Å². The molecule has 1 N–H and O–H groups in total. The van der Waals surface area contributed by atoms with Crippen molar-refractivity contribution < 1.29 is 4.79 Å². The molecule has 23 heavy (non-hydrogen) atoms. The number of rotatable bonds is 5. The monoisotopic (exact) mass is 368 g/mol. The summed E-state index contributed by atoms with van der Waals surface area (Å²) >= 11 is 13.6. The number of thiazole rings is 1. The number of aromatic nitrogens is 1. The molecule has 1 fully saturated rings. The number of carbonyl (C=O) groups excluding carboxylic acids is 1. The van der Waals surface area contributed by atoms with Crippen molar-refractivity contribution in [1.29, 1.82) is 0 Å². The van der Waals surface area contributed by atoms with Gasteiger partial charge in [-0.05, 0) is 43.4 Å². The molecule has 1 amide bonds. The summed E-state index contributed by atoms with van der Waals surface area (Å²) in [5.41, 5.74) is 2.01. The van der Waals surface area contributed by atoms with Crippen LogP contribution in [0.4, 0.5) is 0 Å². The summed E-state index contributed by atoms with van der Waals surface area (Å²) in [6, 6.07) is 5.54. The predicted octanol–water partition coefficient (Wildman–Crippen LogP) is 4.99. The molecule has 1 heterocycles. The van der Waals surface area contributed by atoms with Crippen molar-refractivity contribution in [1.82, 2.24) is 10.3 Å². The van der Waals surface area contributed by atoms with E-state index in [1.807, 2.05) is 24.4 Å². The Bertz CT molecular complexity index is 731. The van der Waals surface area contributed by atoms with E-state index in [0.717, 1.165) is 29.1 Å². The smallest absolute Gasteiger partial charge is 0.224 e. The number of hydrogen-bond donors (Lipinski definition) is 1. The Hall–Kier alpha value is -1.10. The van der Waals surface area contributed by atoms with Crippen molar-refractivity contribution in [2.75, 3.05) is 0 Å². The van der Waals surface area contributed by atoms with Crippen LogP contribution in [0.2, 0.25) is 10.0 Å². The number of aryl methyl sites for hydroxylation is 1. The van der Waals surface area contributed by atoms with Gasteiger partial charge in [0, 0.05) is 11.3 Å². The topological polar surface area (TPSA) is 42.0 Å². The van der Waals surface area contributed by atoms with Crippen LogP contribution in [0.5, 0.6) is 0 Å². The summed E-state index contributed by atoms with van der Waals surface area (Å²) in [7, 11) is 0. The maximum atomic E-state index is 12.4. The number of carbonyl (C=O) groups is 1. The largest absolute Gasteiger partial charge is 0.348 e. The van der Waals surface area contributed by atoms with Crippen molar-refractivity contribution >= 4 is 40.4 Å². The molecule has 0 saturated heterocycles. The lowest BCUT2D eigenvalue weighted by atomic mass is 10.1. The summed E-state index contributed by atoms with van der Waals surface area (Å²) in [6.07, 6.45) is 1.78. The minimum atomic E-state index is -0.0610. The molecule has 3 unspecified atom stereocenters. The van der Waals surface area contributed by atoms with E-state index in [1.165, 1.54) is 0 Å². The van der Waals surface area contributed by atoms with E-state index in [1.54, 1.807) is 17.4 Å². The number of amides is 1. The van der Waals surface area contributed by atoms with Crippen LogP contribution < -0.4 is 5.32 Å². The van der Waals surface area contributed by atoms with Crippen molar-refractivity contribution in [2.24, 2.45) is 5.92 Å². The summed E-state index contributed by atoms with van der Waals surface area (Å²) in [5.74, 6) is 0.331. The van der Waals surface area contributed by atoms with E-state index >= 15 is 0 Å². The van der Waals surface area contributed by atoms with Crippen molar-refractivity contribution in [3.05, 3.63) is 49.9 Å². The minimum absolute atomic E-state index is 0.0129. The first kappa shape index (κ1) is 16.7. The molecule has 1 aromatic carbocycles. The molecular formula is C17H18Cl2N2OS. The molecule has 1 aliphatic carbocycles. The molecule has 0 radical (unpaired) electrons. The van der Waals surface area contributed by atoms with E-state index in [-0.39, 0.29) is 23.8 Å². The Kier molecular flexibility index (Phi) is 4.95. The molecule has 2 aromatic rings. The van der Waals surface area contributed by atoms with Gasteiger partial charge in [0.2, 0.25) is 5.91 Å². The van der Waals surface area contributed by atoms with Crippen LogP contribution in [-0.4, -0.2) is 10.9 Å². The van der Waals surface area contributed by atoms with E-state index < -0.39 is 0 Å². The lowest BCUT2D eigenvalue weighted by molar-refractivity contribution is -0.123. The SMILES string of the molecule is CCc1nc(C(C)NC(=O)C2CC2c2ccc(Cl)c(Cl)c2)cs1. The third-order valence-electron chi connectivity index (χ3n) is 4.17. The van der Waals surface area contributed by atoms with E-state index in [4.69, 9.17) is 23.2 Å².